The molecule has 34 heteroatoms. The highest BCUT2D eigenvalue weighted by Crippen LogP contribution is 2.61. The number of amides is 2. The van der Waals surface area contributed by atoms with Gasteiger partial charge in [0, 0.05) is 30.7 Å². The molecule has 1 saturated heterocycles. The fourth-order valence-corrected chi connectivity index (χ4v) is 9.39. The molecule has 0 aromatic carbocycles. The Hall–Kier alpha value is -2.37. The Labute approximate surface area is 350 Å². The second-order valence-corrected chi connectivity index (χ2v) is 20.5. The molecule has 0 spiro atoms. The Balaban J connectivity index is 1.44. The van der Waals surface area contributed by atoms with Crippen molar-refractivity contribution in [2.24, 2.45) is 11.1 Å². The van der Waals surface area contributed by atoms with Crippen LogP contribution >= 0.6 is 43.1 Å². The van der Waals surface area contributed by atoms with Crippen LogP contribution in [0.4, 0.5) is 5.82 Å². The van der Waals surface area contributed by atoms with Crippen LogP contribution in [0.5, 0.6) is 0 Å². The molecule has 2 amide bonds. The van der Waals surface area contributed by atoms with E-state index >= 15 is 0 Å². The lowest BCUT2D eigenvalue weighted by molar-refractivity contribution is -0.137. The van der Waals surface area contributed by atoms with Crippen molar-refractivity contribution in [1.82, 2.24) is 30.2 Å². The third-order valence-electron chi connectivity index (χ3n) is 7.81. The summed E-state index contributed by atoms with van der Waals surface area (Å²) in [6.07, 6.45) is -7.82. The fraction of sp³-hybridized carbons (Fsp3) is 0.704. The molecule has 1 aliphatic rings. The minimum absolute atomic E-state index is 0.00630. The summed E-state index contributed by atoms with van der Waals surface area (Å²) in [6, 6.07) is -1.26. The molecule has 9 unspecified atom stereocenters. The molecule has 2 aromatic rings. The van der Waals surface area contributed by atoms with E-state index in [9.17, 15) is 67.3 Å². The van der Waals surface area contributed by atoms with E-state index in [1.807, 2.05) is 0 Å². The van der Waals surface area contributed by atoms with E-state index in [1.165, 1.54) is 27.7 Å². The van der Waals surface area contributed by atoms with Crippen molar-refractivity contribution >= 4 is 77.0 Å². The number of phosphoric ester groups is 4. The van der Waals surface area contributed by atoms with Gasteiger partial charge in [-0.2, -0.15) is 4.31 Å². The van der Waals surface area contributed by atoms with Gasteiger partial charge in [-0.15, -0.1) is 0 Å². The molecule has 348 valence electrons. The molecule has 61 heavy (non-hydrogen) atoms. The first-order valence-electron chi connectivity index (χ1n) is 17.5. The Bertz CT molecular complexity index is 2040. The Kier molecular flexibility index (Phi) is 19.1. The summed E-state index contributed by atoms with van der Waals surface area (Å²) < 4.78 is 83.2. The number of aromatic nitrogens is 4. The Morgan fingerprint density at radius 1 is 0.984 bits per heavy atom. The molecule has 1 aliphatic heterocycles. The summed E-state index contributed by atoms with van der Waals surface area (Å²) in [5.74, 6) is -1.59. The summed E-state index contributed by atoms with van der Waals surface area (Å²) in [6.45, 7) is 2.46. The lowest BCUT2D eigenvalue weighted by Gasteiger charge is -2.30. The average molecular weight is 977 g/mol. The number of aliphatic hydroxyl groups is 2. The molecule has 9 atom stereocenters. The van der Waals surface area contributed by atoms with Crippen LogP contribution in [-0.4, -0.2) is 146 Å². The van der Waals surface area contributed by atoms with Crippen LogP contribution in [0.25, 0.3) is 11.2 Å². The van der Waals surface area contributed by atoms with Crippen molar-refractivity contribution in [2.45, 2.75) is 76.9 Å². The third-order valence-corrected chi connectivity index (χ3v) is 13.1. The van der Waals surface area contributed by atoms with Crippen molar-refractivity contribution < 1.29 is 99.0 Å². The highest BCUT2D eigenvalue weighted by atomic mass is 32.2. The van der Waals surface area contributed by atoms with E-state index in [4.69, 9.17) is 29.8 Å². The number of fused-ring (bicyclic) bond motifs is 1. The maximum absolute atomic E-state index is 12.7. The standard InChI is InChI=1S/C27H48N8O21P4S/c1-14(2)54-58(44,45)50-9-15(28)26(40)61-8-7-30-17(36)5-6-31-24(39)21(38)27(3,4)11-52-60(48,49)56-59(46,47)51-10-16-20(55-57(41,42)43)19(37)25(53-16)35-13-34-18-22(29)32-12-33-23(18)35/h12-16,19-21,25,37-38H,5-11,28H2,1-4H3,(H,30,36)(H,31,39)(H,44,45)(H,46,47)(H,48,49)(H2,29,32,33)(H2,41,42,43). The third kappa shape index (κ3) is 16.9. The SMILES string of the molecule is CC(C)OP(=O)(O)OCC(N)C(=O)SCCNC(=O)CCNC(=O)C(O)C(C)(C)COP(=O)(O)OP(=O)(O)OCC1OC(n2cnc3c(N)ncnc32)C(O)C1OP(=O)(O)O. The monoisotopic (exact) mass is 976 g/mol. The number of hydrogen-bond acceptors (Lipinski definition) is 22. The highest BCUT2D eigenvalue weighted by molar-refractivity contribution is 8.13. The number of imidazole rings is 1. The first-order chi connectivity index (χ1) is 28.0. The minimum Gasteiger partial charge on any atom is -0.386 e. The minimum atomic E-state index is -5.61. The quantitative estimate of drug-likeness (QED) is 0.0400. The van der Waals surface area contributed by atoms with Crippen LogP contribution in [0.15, 0.2) is 12.7 Å². The maximum atomic E-state index is 12.7. The number of nitrogens with zero attached hydrogens (tertiary/aromatic N) is 4. The number of carbonyl (C=O) groups excluding carboxylic acids is 3. The van der Waals surface area contributed by atoms with E-state index in [1.54, 1.807) is 0 Å². The van der Waals surface area contributed by atoms with E-state index in [-0.39, 0.29) is 42.2 Å². The van der Waals surface area contributed by atoms with E-state index in [2.05, 4.69) is 38.9 Å². The zero-order chi connectivity index (χ0) is 46.1. The van der Waals surface area contributed by atoms with Crippen molar-refractivity contribution in [3.05, 3.63) is 12.7 Å². The van der Waals surface area contributed by atoms with Crippen molar-refractivity contribution in [3.8, 4) is 0 Å². The smallest absolute Gasteiger partial charge is 0.386 e. The van der Waals surface area contributed by atoms with Gasteiger partial charge in [-0.1, -0.05) is 25.6 Å². The van der Waals surface area contributed by atoms with Gasteiger partial charge in [-0.05, 0) is 13.8 Å². The lowest BCUT2D eigenvalue weighted by atomic mass is 9.87. The number of ether oxygens (including phenoxy) is 1. The number of nitrogens with two attached hydrogens (primary N) is 2. The molecule has 3 rings (SSSR count). The number of phosphoric acid groups is 4. The van der Waals surface area contributed by atoms with Gasteiger partial charge in [0.05, 0.1) is 38.3 Å². The van der Waals surface area contributed by atoms with E-state index in [0.717, 1.165) is 29.0 Å². The number of anilines is 1. The van der Waals surface area contributed by atoms with Gasteiger partial charge in [-0.3, -0.25) is 41.6 Å². The maximum Gasteiger partial charge on any atom is 0.481 e. The average Bonchev–Trinajstić information content (AvgIpc) is 3.69. The number of rotatable bonds is 25. The van der Waals surface area contributed by atoms with Crippen LogP contribution in [0, 0.1) is 5.41 Å². The van der Waals surface area contributed by atoms with Crippen LogP contribution in [-0.2, 0) is 64.3 Å². The van der Waals surface area contributed by atoms with Crippen molar-refractivity contribution in [2.75, 3.05) is 44.4 Å². The predicted molar refractivity (Wildman–Crippen MR) is 207 cm³/mol. The molecule has 1 fully saturated rings. The summed E-state index contributed by atoms with van der Waals surface area (Å²) in [5.41, 5.74) is 9.82. The van der Waals surface area contributed by atoms with Crippen LogP contribution in [0.1, 0.15) is 40.3 Å². The number of hydrogen-bond donors (Lipinski definition) is 11. The fourth-order valence-electron chi connectivity index (χ4n) is 4.93. The molecule has 29 nitrogen and oxygen atoms in total. The molecular formula is C27H48N8O21P4S. The highest BCUT2D eigenvalue weighted by Gasteiger charge is 2.50. The van der Waals surface area contributed by atoms with Crippen molar-refractivity contribution in [3.63, 3.8) is 0 Å². The Morgan fingerprint density at radius 3 is 2.28 bits per heavy atom. The zero-order valence-electron chi connectivity index (χ0n) is 32.6. The molecule has 2 aromatic heterocycles. The predicted octanol–water partition coefficient (Wildman–Crippen LogP) is -1.47. The molecular weight excluding hydrogens is 928 g/mol. The number of aliphatic hydroxyl groups excluding tert-OH is 2. The van der Waals surface area contributed by atoms with E-state index < -0.39 is 116 Å². The second-order valence-electron chi connectivity index (χ2n) is 13.8. The number of carbonyl (C=O) groups is 3. The first kappa shape index (κ1) is 53.0. The van der Waals surface area contributed by atoms with Crippen LogP contribution < -0.4 is 22.1 Å². The summed E-state index contributed by atoms with van der Waals surface area (Å²) >= 11 is 0.726. The largest absolute Gasteiger partial charge is 0.481 e. The lowest BCUT2D eigenvalue weighted by Crippen LogP contribution is -2.46. The molecule has 0 radical (unpaired) electrons. The molecule has 0 saturated carbocycles. The summed E-state index contributed by atoms with van der Waals surface area (Å²) in [4.78, 5) is 97.4. The van der Waals surface area contributed by atoms with Gasteiger partial charge in [-0.25, -0.2) is 33.2 Å². The summed E-state index contributed by atoms with van der Waals surface area (Å²) in [7, 11) is -20.9. The molecule has 0 bridgehead atoms. The van der Waals surface area contributed by atoms with Crippen LogP contribution in [0.3, 0.4) is 0 Å². The van der Waals surface area contributed by atoms with Gasteiger partial charge in [0.1, 0.15) is 36.3 Å². The summed E-state index contributed by atoms with van der Waals surface area (Å²) in [5, 5.41) is 25.6. The van der Waals surface area contributed by atoms with Gasteiger partial charge >= 0.3 is 31.3 Å². The number of nitrogens with one attached hydrogen (secondary N) is 2. The zero-order valence-corrected chi connectivity index (χ0v) is 37.0. The van der Waals surface area contributed by atoms with Gasteiger partial charge in [0.2, 0.25) is 16.9 Å². The van der Waals surface area contributed by atoms with E-state index in [0.29, 0.717) is 0 Å². The Morgan fingerprint density at radius 2 is 1.64 bits per heavy atom. The molecule has 0 aliphatic carbocycles. The first-order valence-corrected chi connectivity index (χ1v) is 24.5. The normalized spacial score (nSPS) is 22.6. The van der Waals surface area contributed by atoms with Crippen molar-refractivity contribution in [1.29, 1.82) is 0 Å². The molecule has 3 heterocycles. The van der Waals surface area contributed by atoms with Crippen LogP contribution in [0.2, 0.25) is 0 Å². The molecule has 13 N–H and O–H groups in total. The van der Waals surface area contributed by atoms with Gasteiger partial charge < -0.3 is 61.5 Å². The van der Waals surface area contributed by atoms with Gasteiger partial charge in [0.25, 0.3) is 0 Å². The van der Waals surface area contributed by atoms with Gasteiger partial charge in [0.15, 0.2) is 17.7 Å². The second kappa shape index (κ2) is 22.0. The number of thioether (sulfide) groups is 1. The topological polar surface area (TPSA) is 445 Å². The number of nitrogen functional groups attached to an aromatic ring is 1.